The number of benzene rings is 2. The topological polar surface area (TPSA) is 72.2 Å². The maximum Gasteiger partial charge on any atom is 0.275 e. The summed E-state index contributed by atoms with van der Waals surface area (Å²) in [6.45, 7) is 1.95. The molecule has 29 heavy (non-hydrogen) atoms. The van der Waals surface area contributed by atoms with E-state index in [2.05, 4.69) is 20.3 Å². The van der Waals surface area contributed by atoms with Crippen molar-refractivity contribution in [2.75, 3.05) is 5.32 Å². The number of nitrogens with one attached hydrogen (secondary N) is 1. The Morgan fingerprint density at radius 3 is 2.66 bits per heavy atom. The van der Waals surface area contributed by atoms with Gasteiger partial charge in [-0.15, -0.1) is 0 Å². The minimum absolute atomic E-state index is 0.279. The highest BCUT2D eigenvalue weighted by molar-refractivity contribution is 6.04. The molecule has 0 spiro atoms. The number of aryl methyl sites for hydroxylation is 1. The second-order valence-corrected chi connectivity index (χ2v) is 6.82. The highest BCUT2D eigenvalue weighted by Crippen LogP contribution is 2.25. The van der Waals surface area contributed by atoms with Crippen molar-refractivity contribution in [3.05, 3.63) is 90.5 Å². The van der Waals surface area contributed by atoms with Gasteiger partial charge in [-0.1, -0.05) is 30.3 Å². The number of carbonyl (C=O) groups is 1. The van der Waals surface area contributed by atoms with Crippen molar-refractivity contribution in [2.24, 2.45) is 0 Å². The molecule has 0 radical (unpaired) electrons. The molecule has 6 nitrogen and oxygen atoms in total. The van der Waals surface area contributed by atoms with Crippen LogP contribution in [0.15, 0.2) is 79.3 Å². The van der Waals surface area contributed by atoms with E-state index in [-0.39, 0.29) is 11.6 Å². The fraction of sp³-hybridized carbons (Fsp3) is 0.0435. The van der Waals surface area contributed by atoms with Crippen LogP contribution >= 0.6 is 0 Å². The van der Waals surface area contributed by atoms with Crippen LogP contribution in [0, 0.1) is 6.92 Å². The van der Waals surface area contributed by atoms with Gasteiger partial charge in [0, 0.05) is 23.6 Å². The summed E-state index contributed by atoms with van der Waals surface area (Å²) in [5.41, 5.74) is 6.06. The number of imidazole rings is 1. The minimum atomic E-state index is -0.293. The molecule has 0 aliphatic heterocycles. The van der Waals surface area contributed by atoms with E-state index < -0.39 is 0 Å². The largest absolute Gasteiger partial charge is 0.320 e. The molecule has 0 saturated carbocycles. The number of anilines is 1. The lowest BCUT2D eigenvalue weighted by Crippen LogP contribution is -2.15. The average molecular weight is 379 g/mol. The fourth-order valence-electron chi connectivity index (χ4n) is 3.24. The van der Waals surface area contributed by atoms with E-state index in [1.165, 1.54) is 6.20 Å². The van der Waals surface area contributed by atoms with Crippen LogP contribution in [0.3, 0.4) is 0 Å². The average Bonchev–Trinajstić information content (AvgIpc) is 3.19. The third-order valence-electron chi connectivity index (χ3n) is 4.83. The smallest absolute Gasteiger partial charge is 0.275 e. The van der Waals surface area contributed by atoms with Crippen LogP contribution in [0.25, 0.3) is 27.9 Å². The zero-order valence-electron chi connectivity index (χ0n) is 15.7. The molecule has 6 heteroatoms. The highest BCUT2D eigenvalue weighted by atomic mass is 16.1. The van der Waals surface area contributed by atoms with Crippen molar-refractivity contribution in [3.63, 3.8) is 0 Å². The monoisotopic (exact) mass is 379 g/mol. The molecule has 0 saturated heterocycles. The van der Waals surface area contributed by atoms with Crippen molar-refractivity contribution in [1.29, 1.82) is 0 Å². The van der Waals surface area contributed by atoms with Crippen LogP contribution in [-0.2, 0) is 0 Å². The zero-order valence-corrected chi connectivity index (χ0v) is 15.7. The normalized spacial score (nSPS) is 11.1. The Hall–Kier alpha value is -4.06. The number of aromatic nitrogens is 4. The number of hydrogen-bond donors (Lipinski definition) is 1. The summed E-state index contributed by atoms with van der Waals surface area (Å²) in [5.74, 6) is -0.293. The van der Waals surface area contributed by atoms with Crippen molar-refractivity contribution >= 4 is 28.3 Å². The molecule has 2 aromatic carbocycles. The van der Waals surface area contributed by atoms with Gasteiger partial charge in [-0.05, 0) is 42.8 Å². The molecule has 140 valence electrons. The first-order valence-electron chi connectivity index (χ1n) is 9.25. The number of para-hydroxylation sites is 2. The summed E-state index contributed by atoms with van der Waals surface area (Å²) in [6, 6.07) is 19.3. The van der Waals surface area contributed by atoms with Gasteiger partial charge < -0.3 is 9.72 Å². The van der Waals surface area contributed by atoms with Gasteiger partial charge in [0.2, 0.25) is 0 Å². The van der Waals surface area contributed by atoms with Gasteiger partial charge in [0.05, 0.1) is 22.9 Å². The molecule has 0 aliphatic rings. The van der Waals surface area contributed by atoms with Crippen LogP contribution in [0.5, 0.6) is 0 Å². The van der Waals surface area contributed by atoms with Gasteiger partial charge in [-0.25, -0.2) is 9.97 Å². The van der Waals surface area contributed by atoms with Gasteiger partial charge in [0.15, 0.2) is 0 Å². The maximum absolute atomic E-state index is 12.8. The van der Waals surface area contributed by atoms with Gasteiger partial charge in [0.25, 0.3) is 5.91 Å². The number of amides is 1. The molecule has 5 aromatic rings. The molecule has 0 atom stereocenters. The van der Waals surface area contributed by atoms with Crippen LogP contribution in [0.2, 0.25) is 0 Å². The second-order valence-electron chi connectivity index (χ2n) is 6.82. The van der Waals surface area contributed by atoms with Gasteiger partial charge >= 0.3 is 0 Å². The number of fused-ring (bicyclic) bond motifs is 2. The molecule has 0 unspecified atom stereocenters. The first kappa shape index (κ1) is 17.1. The summed E-state index contributed by atoms with van der Waals surface area (Å²) in [5, 5.41) is 2.96. The summed E-state index contributed by atoms with van der Waals surface area (Å²) in [7, 11) is 0. The molecule has 0 fully saturated rings. The Morgan fingerprint density at radius 2 is 1.79 bits per heavy atom. The van der Waals surface area contributed by atoms with Crippen LogP contribution in [0.1, 0.15) is 16.1 Å². The van der Waals surface area contributed by atoms with E-state index in [9.17, 15) is 4.79 Å². The summed E-state index contributed by atoms with van der Waals surface area (Å²) >= 11 is 0. The summed E-state index contributed by atoms with van der Waals surface area (Å²) in [4.78, 5) is 26.2. The Labute approximate surface area is 166 Å². The Balaban J connectivity index is 1.47. The predicted octanol–water partition coefficient (Wildman–Crippen LogP) is 4.51. The first-order valence-corrected chi connectivity index (χ1v) is 9.25. The van der Waals surface area contributed by atoms with Crippen LogP contribution < -0.4 is 5.32 Å². The molecule has 0 bridgehead atoms. The highest BCUT2D eigenvalue weighted by Gasteiger charge is 2.13. The standard InChI is InChI=1S/C23H17N5O/c1-15-9-10-16(21-14-28-11-5-4-8-22(28)26-21)12-19(15)27-23(29)20-13-24-17-6-2-3-7-18(17)25-20/h2-14H,1H3,(H,27,29). The summed E-state index contributed by atoms with van der Waals surface area (Å²) in [6.07, 6.45) is 5.43. The lowest BCUT2D eigenvalue weighted by Gasteiger charge is -2.10. The molecule has 3 heterocycles. The van der Waals surface area contributed by atoms with Gasteiger partial charge in [-0.3, -0.25) is 9.78 Å². The summed E-state index contributed by atoms with van der Waals surface area (Å²) < 4.78 is 1.97. The number of hydrogen-bond acceptors (Lipinski definition) is 4. The van der Waals surface area contributed by atoms with E-state index in [0.29, 0.717) is 5.52 Å². The SMILES string of the molecule is Cc1ccc(-c2cn3ccccc3n2)cc1NC(=O)c1cnc2ccccc2n1. The Morgan fingerprint density at radius 1 is 0.966 bits per heavy atom. The van der Waals surface area contributed by atoms with Crippen LogP contribution in [0.4, 0.5) is 5.69 Å². The molecular formula is C23H17N5O. The molecule has 5 rings (SSSR count). The van der Waals surface area contributed by atoms with E-state index >= 15 is 0 Å². The van der Waals surface area contributed by atoms with Crippen LogP contribution in [-0.4, -0.2) is 25.3 Å². The lowest BCUT2D eigenvalue weighted by molar-refractivity contribution is 0.102. The lowest BCUT2D eigenvalue weighted by atomic mass is 10.1. The number of carbonyl (C=O) groups excluding carboxylic acids is 1. The third-order valence-corrected chi connectivity index (χ3v) is 4.83. The van der Waals surface area contributed by atoms with E-state index in [1.54, 1.807) is 0 Å². The second kappa shape index (κ2) is 6.83. The quantitative estimate of drug-likeness (QED) is 0.501. The zero-order chi connectivity index (χ0) is 19.8. The van der Waals surface area contributed by atoms with Crippen molar-refractivity contribution in [2.45, 2.75) is 6.92 Å². The molecule has 1 N–H and O–H groups in total. The Kier molecular flexibility index (Phi) is 4.02. The molecule has 0 aliphatic carbocycles. The van der Waals surface area contributed by atoms with Crippen molar-refractivity contribution in [1.82, 2.24) is 19.4 Å². The molecular weight excluding hydrogens is 362 g/mol. The van der Waals surface area contributed by atoms with E-state index in [0.717, 1.165) is 33.7 Å². The third kappa shape index (κ3) is 3.21. The van der Waals surface area contributed by atoms with Crippen molar-refractivity contribution < 1.29 is 4.79 Å². The molecule has 1 amide bonds. The fourth-order valence-corrected chi connectivity index (χ4v) is 3.24. The Bertz CT molecular complexity index is 1340. The first-order chi connectivity index (χ1) is 14.2. The molecule has 3 aromatic heterocycles. The number of rotatable bonds is 3. The van der Waals surface area contributed by atoms with Crippen molar-refractivity contribution in [3.8, 4) is 11.3 Å². The number of pyridine rings is 1. The van der Waals surface area contributed by atoms with Gasteiger partial charge in [0.1, 0.15) is 11.3 Å². The minimum Gasteiger partial charge on any atom is -0.320 e. The number of nitrogens with zero attached hydrogens (tertiary/aromatic N) is 4. The predicted molar refractivity (Wildman–Crippen MR) is 113 cm³/mol. The van der Waals surface area contributed by atoms with E-state index in [4.69, 9.17) is 0 Å². The maximum atomic E-state index is 12.8. The van der Waals surface area contributed by atoms with E-state index in [1.807, 2.05) is 84.4 Å². The van der Waals surface area contributed by atoms with Gasteiger partial charge in [-0.2, -0.15) is 0 Å².